The first-order chi connectivity index (χ1) is 16.3. The maximum atomic E-state index is 13.1. The Bertz CT molecular complexity index is 1550. The summed E-state index contributed by atoms with van der Waals surface area (Å²) in [6, 6.07) is 13.5. The third-order valence-corrected chi connectivity index (χ3v) is 5.63. The van der Waals surface area contributed by atoms with Crippen LogP contribution in [0, 0.1) is 0 Å². The summed E-state index contributed by atoms with van der Waals surface area (Å²) in [5.41, 5.74) is 3.80. The summed E-state index contributed by atoms with van der Waals surface area (Å²) < 4.78 is 1.46. The molecule has 0 radical (unpaired) electrons. The van der Waals surface area contributed by atoms with Gasteiger partial charge < -0.3 is 19.8 Å². The number of carbonyl (C=O) groups excluding carboxylic acids is 1. The first-order valence-corrected chi connectivity index (χ1v) is 10.8. The number of aryl methyl sites for hydroxylation is 1. The van der Waals surface area contributed by atoms with E-state index in [2.05, 4.69) is 22.4 Å². The number of aromatic hydroxyl groups is 2. The molecule has 0 saturated carbocycles. The van der Waals surface area contributed by atoms with Crippen LogP contribution in [0.1, 0.15) is 35.7 Å². The molecule has 0 saturated heterocycles. The van der Waals surface area contributed by atoms with Crippen molar-refractivity contribution in [2.45, 2.75) is 26.3 Å². The van der Waals surface area contributed by atoms with Crippen molar-refractivity contribution in [2.75, 3.05) is 0 Å². The smallest absolute Gasteiger partial charge is 0.279 e. The number of aromatic nitrogens is 2. The molecular weight excluding hydrogens is 436 g/mol. The van der Waals surface area contributed by atoms with Gasteiger partial charge in [0.25, 0.3) is 17.0 Å². The molecule has 0 aliphatic rings. The molecule has 5 N–H and O–H groups in total. The summed E-state index contributed by atoms with van der Waals surface area (Å²) in [5, 5.41) is 22.1. The van der Waals surface area contributed by atoms with Crippen LogP contribution in [0.2, 0.25) is 0 Å². The highest BCUT2D eigenvalue weighted by molar-refractivity contribution is 6.02. The highest BCUT2D eigenvalue weighted by Crippen LogP contribution is 2.28. The standard InChI is InChI=1S/C25H24N4O5/c1-3-4-13-29-18-12-8-6-10-16(18)22(31)20(25(29)34)24(33)28-27-14(2)19-21(30)15-9-5-7-11-17(15)26-23(19)32/h5-12,27,31H,2-4,13H2,1H3,(H,28,33)(H2,26,30,32). The topological polar surface area (TPSA) is 136 Å². The number of hydrogen-bond acceptors (Lipinski definition) is 6. The quantitative estimate of drug-likeness (QED) is 0.269. The first kappa shape index (κ1) is 22.7. The van der Waals surface area contributed by atoms with Gasteiger partial charge >= 0.3 is 0 Å². The number of aromatic amines is 1. The molecule has 4 aromatic rings. The molecule has 0 bridgehead atoms. The van der Waals surface area contributed by atoms with Gasteiger partial charge in [-0.05, 0) is 30.7 Å². The lowest BCUT2D eigenvalue weighted by atomic mass is 10.1. The van der Waals surface area contributed by atoms with Crippen LogP contribution < -0.4 is 22.0 Å². The molecule has 0 spiro atoms. The lowest BCUT2D eigenvalue weighted by Gasteiger charge is -2.16. The Morgan fingerprint density at radius 1 is 0.971 bits per heavy atom. The van der Waals surface area contributed by atoms with Crippen LogP contribution in [0.25, 0.3) is 27.5 Å². The second-order valence-corrected chi connectivity index (χ2v) is 7.83. The Morgan fingerprint density at radius 2 is 1.62 bits per heavy atom. The first-order valence-electron chi connectivity index (χ1n) is 10.8. The van der Waals surface area contributed by atoms with E-state index in [1.54, 1.807) is 48.5 Å². The summed E-state index contributed by atoms with van der Waals surface area (Å²) in [4.78, 5) is 41.2. The van der Waals surface area contributed by atoms with Crippen LogP contribution in [-0.2, 0) is 6.54 Å². The largest absolute Gasteiger partial charge is 0.506 e. The summed E-state index contributed by atoms with van der Waals surface area (Å²) in [6.45, 7) is 6.09. The van der Waals surface area contributed by atoms with Gasteiger partial charge in [-0.25, -0.2) is 0 Å². The van der Waals surface area contributed by atoms with Crippen molar-refractivity contribution in [3.05, 3.63) is 86.9 Å². The number of benzene rings is 2. The van der Waals surface area contributed by atoms with Crippen LogP contribution in [0.3, 0.4) is 0 Å². The lowest BCUT2D eigenvalue weighted by Crippen LogP contribution is -2.40. The molecule has 0 aliphatic heterocycles. The van der Waals surface area contributed by atoms with Crippen LogP contribution in [-0.4, -0.2) is 25.7 Å². The van der Waals surface area contributed by atoms with Crippen molar-refractivity contribution < 1.29 is 15.0 Å². The number of hydrazine groups is 1. The van der Waals surface area contributed by atoms with Gasteiger partial charge in [0, 0.05) is 17.3 Å². The van der Waals surface area contributed by atoms with E-state index in [0.717, 1.165) is 12.8 Å². The van der Waals surface area contributed by atoms with Gasteiger partial charge in [0.15, 0.2) is 0 Å². The van der Waals surface area contributed by atoms with Crippen molar-refractivity contribution in [2.24, 2.45) is 0 Å². The predicted octanol–water partition coefficient (Wildman–Crippen LogP) is 2.96. The molecule has 9 nitrogen and oxygen atoms in total. The van der Waals surface area contributed by atoms with E-state index in [9.17, 15) is 24.6 Å². The Hall–Kier alpha value is -4.53. The minimum absolute atomic E-state index is 0.0931. The van der Waals surface area contributed by atoms with E-state index in [1.165, 1.54) is 4.57 Å². The molecule has 1 amide bonds. The number of para-hydroxylation sites is 2. The van der Waals surface area contributed by atoms with E-state index in [0.29, 0.717) is 28.4 Å². The molecule has 0 atom stereocenters. The summed E-state index contributed by atoms with van der Waals surface area (Å²) in [6.07, 6.45) is 1.56. The number of unbranched alkanes of at least 4 members (excludes halogenated alkanes) is 1. The van der Waals surface area contributed by atoms with E-state index in [1.807, 2.05) is 6.92 Å². The monoisotopic (exact) mass is 460 g/mol. The van der Waals surface area contributed by atoms with Gasteiger partial charge in [0.2, 0.25) is 0 Å². The maximum absolute atomic E-state index is 13.1. The van der Waals surface area contributed by atoms with Crippen LogP contribution >= 0.6 is 0 Å². The number of amides is 1. The molecule has 0 aliphatic carbocycles. The summed E-state index contributed by atoms with van der Waals surface area (Å²) in [5.74, 6) is -1.65. The predicted molar refractivity (Wildman–Crippen MR) is 131 cm³/mol. The Morgan fingerprint density at radius 3 is 2.35 bits per heavy atom. The zero-order valence-corrected chi connectivity index (χ0v) is 18.5. The van der Waals surface area contributed by atoms with Crippen molar-refractivity contribution in [3.63, 3.8) is 0 Å². The minimum atomic E-state index is -0.906. The van der Waals surface area contributed by atoms with Gasteiger partial charge in [-0.2, -0.15) is 0 Å². The number of hydrogen-bond donors (Lipinski definition) is 5. The van der Waals surface area contributed by atoms with Gasteiger partial charge in [0.05, 0.1) is 16.7 Å². The fourth-order valence-corrected chi connectivity index (χ4v) is 3.90. The molecule has 2 aromatic heterocycles. The number of nitrogens with one attached hydrogen (secondary N) is 3. The van der Waals surface area contributed by atoms with Crippen molar-refractivity contribution in [1.82, 2.24) is 20.4 Å². The molecule has 174 valence electrons. The van der Waals surface area contributed by atoms with E-state index < -0.39 is 28.3 Å². The molecular formula is C25H24N4O5. The van der Waals surface area contributed by atoms with Crippen molar-refractivity contribution in [3.8, 4) is 11.5 Å². The average molecular weight is 460 g/mol. The Balaban J connectivity index is 1.67. The second kappa shape index (κ2) is 9.14. The molecule has 0 unspecified atom stereocenters. The van der Waals surface area contributed by atoms with E-state index >= 15 is 0 Å². The van der Waals surface area contributed by atoms with Gasteiger partial charge in [0.1, 0.15) is 22.6 Å². The molecule has 9 heteroatoms. The zero-order chi connectivity index (χ0) is 24.4. The highest BCUT2D eigenvalue weighted by Gasteiger charge is 2.23. The van der Waals surface area contributed by atoms with Gasteiger partial charge in [-0.1, -0.05) is 44.2 Å². The number of rotatable bonds is 7. The number of carbonyl (C=O) groups is 1. The molecule has 34 heavy (non-hydrogen) atoms. The molecule has 2 aromatic carbocycles. The Labute approximate surface area is 194 Å². The fraction of sp³-hybridized carbons (Fsp3) is 0.160. The van der Waals surface area contributed by atoms with E-state index in [-0.39, 0.29) is 17.0 Å². The van der Waals surface area contributed by atoms with Gasteiger partial charge in [-0.3, -0.25) is 25.2 Å². The summed E-state index contributed by atoms with van der Waals surface area (Å²) in [7, 11) is 0. The molecule has 4 rings (SSSR count). The minimum Gasteiger partial charge on any atom is -0.506 e. The number of nitrogens with zero attached hydrogens (tertiary/aromatic N) is 1. The number of pyridine rings is 2. The van der Waals surface area contributed by atoms with Gasteiger partial charge in [-0.15, -0.1) is 0 Å². The third kappa shape index (κ3) is 3.88. The summed E-state index contributed by atoms with van der Waals surface area (Å²) >= 11 is 0. The Kier molecular flexibility index (Phi) is 6.09. The van der Waals surface area contributed by atoms with Crippen LogP contribution in [0.15, 0.2) is 64.7 Å². The molecule has 0 fully saturated rings. The lowest BCUT2D eigenvalue weighted by molar-refractivity contribution is 0.0937. The normalized spacial score (nSPS) is 11.0. The number of fused-ring (bicyclic) bond motifs is 2. The van der Waals surface area contributed by atoms with Crippen LogP contribution in [0.4, 0.5) is 0 Å². The average Bonchev–Trinajstić information content (AvgIpc) is 2.83. The maximum Gasteiger partial charge on any atom is 0.279 e. The van der Waals surface area contributed by atoms with Crippen LogP contribution in [0.5, 0.6) is 11.5 Å². The van der Waals surface area contributed by atoms with Crippen molar-refractivity contribution >= 4 is 33.4 Å². The number of H-pyrrole nitrogens is 1. The van der Waals surface area contributed by atoms with Crippen molar-refractivity contribution in [1.29, 1.82) is 0 Å². The fourth-order valence-electron chi connectivity index (χ4n) is 3.90. The SMILES string of the molecule is C=C(NNC(=O)c1c(O)c2ccccc2n(CCCC)c1=O)c1c(O)c2ccccc2[nH]c1=O. The molecule has 2 heterocycles. The highest BCUT2D eigenvalue weighted by atomic mass is 16.3. The second-order valence-electron chi connectivity index (χ2n) is 7.83. The van der Waals surface area contributed by atoms with E-state index in [4.69, 9.17) is 0 Å². The third-order valence-electron chi connectivity index (χ3n) is 5.63. The zero-order valence-electron chi connectivity index (χ0n) is 18.5.